The second kappa shape index (κ2) is 6.52. The summed E-state index contributed by atoms with van der Waals surface area (Å²) in [6, 6.07) is 11.5. The standard InChI is InChI=1S/C17H17N5O.H2S/c18-14(23)13-7-4-10-22(13)17-12-8-9-19-16(12)20-15(21-17)11-5-2-1-3-6-11;/h1-3,5-6,8-9,13H,4,7,10H2,(H2,18,23)(H,19,20,21);1H2/t13-;/m0./s1. The molecule has 0 bridgehead atoms. The lowest BCUT2D eigenvalue weighted by atomic mass is 10.2. The van der Waals surface area contributed by atoms with Gasteiger partial charge in [-0.1, -0.05) is 30.3 Å². The van der Waals surface area contributed by atoms with E-state index in [1.165, 1.54) is 0 Å². The fraction of sp³-hybridized carbons (Fsp3) is 0.235. The Hall–Kier alpha value is -2.54. The average molecular weight is 341 g/mol. The van der Waals surface area contributed by atoms with Crippen molar-refractivity contribution in [1.29, 1.82) is 0 Å². The molecule has 1 aromatic carbocycles. The van der Waals surface area contributed by atoms with Crippen LogP contribution in [0.15, 0.2) is 42.6 Å². The third-order valence-corrected chi connectivity index (χ3v) is 4.28. The molecule has 1 atom stereocenters. The predicted octanol–water partition coefficient (Wildman–Crippen LogP) is 2.19. The molecule has 0 spiro atoms. The van der Waals surface area contributed by atoms with Crippen molar-refractivity contribution in [3.05, 3.63) is 42.6 Å². The molecular weight excluding hydrogens is 322 g/mol. The average Bonchev–Trinajstić information content (AvgIpc) is 3.23. The SMILES string of the molecule is NC(=O)[C@@H]1CCCN1c1nc(-c2ccccc2)nc2[nH]ccc12.S. The van der Waals surface area contributed by atoms with Gasteiger partial charge in [0.25, 0.3) is 0 Å². The summed E-state index contributed by atoms with van der Waals surface area (Å²) in [6.07, 6.45) is 3.54. The van der Waals surface area contributed by atoms with Crippen LogP contribution < -0.4 is 10.6 Å². The van der Waals surface area contributed by atoms with Crippen molar-refractivity contribution in [1.82, 2.24) is 15.0 Å². The van der Waals surface area contributed by atoms with Crippen LogP contribution in [0.2, 0.25) is 0 Å². The molecule has 0 saturated carbocycles. The Morgan fingerprint density at radius 3 is 2.75 bits per heavy atom. The molecule has 3 heterocycles. The van der Waals surface area contributed by atoms with E-state index in [4.69, 9.17) is 10.7 Å². The summed E-state index contributed by atoms with van der Waals surface area (Å²) >= 11 is 0. The van der Waals surface area contributed by atoms with Gasteiger partial charge in [-0.2, -0.15) is 13.5 Å². The number of carbonyl (C=O) groups excluding carboxylic acids is 1. The number of anilines is 1. The Balaban J connectivity index is 0.00000169. The minimum atomic E-state index is -0.300. The normalized spacial score (nSPS) is 17.0. The van der Waals surface area contributed by atoms with Gasteiger partial charge in [-0.3, -0.25) is 4.79 Å². The topological polar surface area (TPSA) is 87.9 Å². The van der Waals surface area contributed by atoms with Gasteiger partial charge in [0.2, 0.25) is 5.91 Å². The van der Waals surface area contributed by atoms with E-state index in [1.807, 2.05) is 47.5 Å². The molecule has 4 rings (SSSR count). The van der Waals surface area contributed by atoms with E-state index in [9.17, 15) is 4.79 Å². The number of nitrogens with zero attached hydrogens (tertiary/aromatic N) is 3. The van der Waals surface area contributed by atoms with Gasteiger partial charge in [-0.25, -0.2) is 9.97 Å². The summed E-state index contributed by atoms with van der Waals surface area (Å²) in [4.78, 5) is 26.2. The molecular formula is C17H19N5OS. The van der Waals surface area contributed by atoms with E-state index in [2.05, 4.69) is 9.97 Å². The number of hydrogen-bond acceptors (Lipinski definition) is 4. The van der Waals surface area contributed by atoms with Crippen molar-refractivity contribution in [2.45, 2.75) is 18.9 Å². The molecule has 1 fully saturated rings. The van der Waals surface area contributed by atoms with Gasteiger partial charge in [-0.05, 0) is 18.9 Å². The lowest BCUT2D eigenvalue weighted by Gasteiger charge is -2.24. The van der Waals surface area contributed by atoms with Gasteiger partial charge in [0.15, 0.2) is 5.82 Å². The summed E-state index contributed by atoms with van der Waals surface area (Å²) in [7, 11) is 0. The first-order valence-corrected chi connectivity index (χ1v) is 7.70. The monoisotopic (exact) mass is 341 g/mol. The highest BCUT2D eigenvalue weighted by molar-refractivity contribution is 7.59. The van der Waals surface area contributed by atoms with Gasteiger partial charge in [0, 0.05) is 18.3 Å². The van der Waals surface area contributed by atoms with Crippen molar-refractivity contribution in [3.63, 3.8) is 0 Å². The number of H-pyrrole nitrogens is 1. The number of hydrogen-bond donors (Lipinski definition) is 2. The third kappa shape index (κ3) is 2.71. The van der Waals surface area contributed by atoms with E-state index in [0.717, 1.165) is 41.8 Å². The van der Waals surface area contributed by atoms with Crippen LogP contribution in [0.1, 0.15) is 12.8 Å². The van der Waals surface area contributed by atoms with Crippen molar-refractivity contribution >= 4 is 36.3 Å². The molecule has 3 N–H and O–H groups in total. The highest BCUT2D eigenvalue weighted by atomic mass is 32.1. The number of nitrogens with two attached hydrogens (primary N) is 1. The van der Waals surface area contributed by atoms with Crippen LogP contribution >= 0.6 is 13.5 Å². The number of amides is 1. The van der Waals surface area contributed by atoms with Crippen LogP contribution in [0.4, 0.5) is 5.82 Å². The highest BCUT2D eigenvalue weighted by Gasteiger charge is 2.31. The maximum absolute atomic E-state index is 11.7. The van der Waals surface area contributed by atoms with Crippen molar-refractivity contribution in [2.75, 3.05) is 11.4 Å². The number of benzene rings is 1. The second-order valence-corrected chi connectivity index (χ2v) is 5.73. The van der Waals surface area contributed by atoms with Crippen LogP contribution in [0.3, 0.4) is 0 Å². The summed E-state index contributed by atoms with van der Waals surface area (Å²) in [6.45, 7) is 0.777. The lowest BCUT2D eigenvalue weighted by Crippen LogP contribution is -2.40. The quantitative estimate of drug-likeness (QED) is 0.764. The Bertz CT molecular complexity index is 864. The number of aromatic amines is 1. The molecule has 6 nitrogen and oxygen atoms in total. The number of fused-ring (bicyclic) bond motifs is 1. The van der Waals surface area contributed by atoms with Gasteiger partial charge in [-0.15, -0.1) is 0 Å². The summed E-state index contributed by atoms with van der Waals surface area (Å²) in [5, 5.41) is 0.915. The van der Waals surface area contributed by atoms with E-state index >= 15 is 0 Å². The van der Waals surface area contributed by atoms with Crippen LogP contribution in [0.5, 0.6) is 0 Å². The number of aromatic nitrogens is 3. The highest BCUT2D eigenvalue weighted by Crippen LogP contribution is 2.31. The number of primary amides is 1. The first kappa shape index (κ1) is 16.3. The Labute approximate surface area is 146 Å². The van der Waals surface area contributed by atoms with E-state index in [-0.39, 0.29) is 25.4 Å². The van der Waals surface area contributed by atoms with Crippen LogP contribution in [-0.2, 0) is 4.79 Å². The molecule has 2 aromatic heterocycles. The van der Waals surface area contributed by atoms with E-state index < -0.39 is 0 Å². The third-order valence-electron chi connectivity index (χ3n) is 4.28. The molecule has 1 saturated heterocycles. The van der Waals surface area contributed by atoms with Gasteiger partial charge in [0.05, 0.1) is 5.39 Å². The zero-order valence-electron chi connectivity index (χ0n) is 13.1. The van der Waals surface area contributed by atoms with Crippen LogP contribution in [-0.4, -0.2) is 33.4 Å². The fourth-order valence-corrected chi connectivity index (χ4v) is 3.18. The molecule has 0 aliphatic carbocycles. The molecule has 7 heteroatoms. The Morgan fingerprint density at radius 2 is 2.00 bits per heavy atom. The van der Waals surface area contributed by atoms with Crippen LogP contribution in [0.25, 0.3) is 22.4 Å². The molecule has 3 aromatic rings. The minimum absolute atomic E-state index is 0. The van der Waals surface area contributed by atoms with Crippen molar-refractivity contribution < 1.29 is 4.79 Å². The molecule has 1 aliphatic heterocycles. The molecule has 1 amide bonds. The largest absolute Gasteiger partial charge is 0.368 e. The molecule has 1 aliphatic rings. The first-order valence-electron chi connectivity index (χ1n) is 7.70. The molecule has 0 unspecified atom stereocenters. The maximum Gasteiger partial charge on any atom is 0.240 e. The summed E-state index contributed by atoms with van der Waals surface area (Å²) in [5.41, 5.74) is 7.27. The zero-order valence-corrected chi connectivity index (χ0v) is 14.1. The van der Waals surface area contributed by atoms with Gasteiger partial charge in [0.1, 0.15) is 17.5 Å². The Kier molecular flexibility index (Phi) is 4.44. The number of rotatable bonds is 3. The smallest absolute Gasteiger partial charge is 0.240 e. The van der Waals surface area contributed by atoms with Crippen molar-refractivity contribution in [2.24, 2.45) is 5.73 Å². The second-order valence-electron chi connectivity index (χ2n) is 5.73. The number of nitrogens with one attached hydrogen (secondary N) is 1. The lowest BCUT2D eigenvalue weighted by molar-refractivity contribution is -0.119. The minimum Gasteiger partial charge on any atom is -0.368 e. The number of carbonyl (C=O) groups is 1. The zero-order chi connectivity index (χ0) is 15.8. The first-order chi connectivity index (χ1) is 11.2. The predicted molar refractivity (Wildman–Crippen MR) is 99.3 cm³/mol. The Morgan fingerprint density at radius 1 is 1.21 bits per heavy atom. The molecule has 24 heavy (non-hydrogen) atoms. The molecule has 0 radical (unpaired) electrons. The van der Waals surface area contributed by atoms with E-state index in [1.54, 1.807) is 0 Å². The summed E-state index contributed by atoms with van der Waals surface area (Å²) in [5.74, 6) is 1.12. The fourth-order valence-electron chi connectivity index (χ4n) is 3.18. The summed E-state index contributed by atoms with van der Waals surface area (Å²) < 4.78 is 0. The van der Waals surface area contributed by atoms with E-state index in [0.29, 0.717) is 5.82 Å². The van der Waals surface area contributed by atoms with Gasteiger partial charge < -0.3 is 15.6 Å². The van der Waals surface area contributed by atoms with Crippen molar-refractivity contribution in [3.8, 4) is 11.4 Å². The molecule has 124 valence electrons. The van der Waals surface area contributed by atoms with Crippen LogP contribution in [0, 0.1) is 0 Å². The maximum atomic E-state index is 11.7. The van der Waals surface area contributed by atoms with Gasteiger partial charge >= 0.3 is 0 Å².